The minimum Gasteiger partial charge on any atom is -0.326 e. The normalized spacial score (nSPS) is 19.7. The van der Waals surface area contributed by atoms with Gasteiger partial charge in [0.25, 0.3) is 5.91 Å². The zero-order valence-corrected chi connectivity index (χ0v) is 19.5. The number of nitrogens with one attached hydrogen (secondary N) is 1. The summed E-state index contributed by atoms with van der Waals surface area (Å²) in [6.07, 6.45) is 1.53. The minimum atomic E-state index is -3.54. The zero-order chi connectivity index (χ0) is 23.0. The van der Waals surface area contributed by atoms with Crippen molar-refractivity contribution in [1.82, 2.24) is 4.31 Å². The molecule has 8 heteroatoms. The number of hydrogen-bond acceptors (Lipinski definition) is 4. The highest BCUT2D eigenvalue weighted by Crippen LogP contribution is 2.38. The SMILES string of the molecule is CCN(CC)S(=O)(=O)c1ccc2c(c1)CCN2C(=O)c1ccc(NC(=O)C2CC2C)cc1. The molecular formula is C24H29N3O4S. The number of hydrogen-bond donors (Lipinski definition) is 1. The van der Waals surface area contributed by atoms with Crippen molar-refractivity contribution < 1.29 is 18.0 Å². The Morgan fingerprint density at radius 3 is 2.34 bits per heavy atom. The molecule has 2 amide bonds. The minimum absolute atomic E-state index is 0.0283. The third kappa shape index (κ3) is 4.17. The molecule has 0 aromatic heterocycles. The van der Waals surface area contributed by atoms with E-state index >= 15 is 0 Å². The van der Waals surface area contributed by atoms with Gasteiger partial charge in [0.2, 0.25) is 15.9 Å². The van der Waals surface area contributed by atoms with Crippen molar-refractivity contribution in [3.63, 3.8) is 0 Å². The Kier molecular flexibility index (Phi) is 6.09. The fourth-order valence-corrected chi connectivity index (χ4v) is 5.75. The van der Waals surface area contributed by atoms with Crippen molar-refractivity contribution in [2.24, 2.45) is 11.8 Å². The van der Waals surface area contributed by atoms with Gasteiger partial charge >= 0.3 is 0 Å². The second-order valence-corrected chi connectivity index (χ2v) is 10.4. The molecule has 0 radical (unpaired) electrons. The van der Waals surface area contributed by atoms with Crippen molar-refractivity contribution in [1.29, 1.82) is 0 Å². The van der Waals surface area contributed by atoms with Crippen LogP contribution in [0.5, 0.6) is 0 Å². The van der Waals surface area contributed by atoms with Crippen LogP contribution in [0.3, 0.4) is 0 Å². The highest BCUT2D eigenvalue weighted by molar-refractivity contribution is 7.89. The summed E-state index contributed by atoms with van der Waals surface area (Å²) in [4.78, 5) is 27.1. The van der Waals surface area contributed by atoms with Crippen molar-refractivity contribution in [3.05, 3.63) is 53.6 Å². The lowest BCUT2D eigenvalue weighted by molar-refractivity contribution is -0.117. The average Bonchev–Trinajstić information content (AvgIpc) is 3.37. The fourth-order valence-electron chi connectivity index (χ4n) is 4.24. The molecule has 2 aromatic carbocycles. The Morgan fingerprint density at radius 2 is 1.75 bits per heavy atom. The molecule has 170 valence electrons. The summed E-state index contributed by atoms with van der Waals surface area (Å²) < 4.78 is 27.1. The van der Waals surface area contributed by atoms with Crippen LogP contribution in [-0.4, -0.2) is 44.2 Å². The number of rotatable bonds is 7. The molecule has 4 rings (SSSR count). The molecule has 1 aliphatic carbocycles. The van der Waals surface area contributed by atoms with E-state index in [2.05, 4.69) is 12.2 Å². The maximum Gasteiger partial charge on any atom is 0.258 e. The number of anilines is 2. The topological polar surface area (TPSA) is 86.8 Å². The first-order valence-corrected chi connectivity index (χ1v) is 12.6. The number of benzene rings is 2. The van der Waals surface area contributed by atoms with Crippen LogP contribution in [0.15, 0.2) is 47.4 Å². The molecular weight excluding hydrogens is 426 g/mol. The number of nitrogens with zero attached hydrogens (tertiary/aromatic N) is 2. The average molecular weight is 456 g/mol. The Bertz CT molecular complexity index is 1140. The van der Waals surface area contributed by atoms with Gasteiger partial charge in [0.15, 0.2) is 0 Å². The predicted octanol–water partition coefficient (Wildman–Crippen LogP) is 3.51. The molecule has 7 nitrogen and oxygen atoms in total. The number of carbonyl (C=O) groups is 2. The molecule has 1 N–H and O–H groups in total. The van der Waals surface area contributed by atoms with Gasteiger partial charge in [-0.1, -0.05) is 20.8 Å². The number of fused-ring (bicyclic) bond motifs is 1. The standard InChI is InChI=1S/C24H29N3O4S/c1-4-26(5-2)32(30,31)20-10-11-22-18(15-20)12-13-27(22)24(29)17-6-8-19(9-7-17)25-23(28)21-14-16(21)3/h6-11,15-16,21H,4-5,12-14H2,1-3H3,(H,25,28). The van der Waals surface area contributed by atoms with E-state index in [1.807, 2.05) is 13.8 Å². The van der Waals surface area contributed by atoms with Crippen LogP contribution in [0.1, 0.15) is 43.1 Å². The van der Waals surface area contributed by atoms with Gasteiger partial charge in [-0.3, -0.25) is 9.59 Å². The number of amides is 2. The first kappa shape index (κ1) is 22.5. The molecule has 2 aliphatic rings. The van der Waals surface area contributed by atoms with E-state index in [1.165, 1.54) is 4.31 Å². The highest BCUT2D eigenvalue weighted by atomic mass is 32.2. The van der Waals surface area contributed by atoms with E-state index in [4.69, 9.17) is 0 Å². The molecule has 1 saturated carbocycles. The summed E-state index contributed by atoms with van der Waals surface area (Å²) in [5.41, 5.74) is 2.80. The second-order valence-electron chi connectivity index (χ2n) is 8.47. The molecule has 1 heterocycles. The third-order valence-corrected chi connectivity index (χ3v) is 8.43. The molecule has 1 aliphatic heterocycles. The first-order valence-electron chi connectivity index (χ1n) is 11.1. The zero-order valence-electron chi connectivity index (χ0n) is 18.7. The lowest BCUT2D eigenvalue weighted by atomic mass is 10.1. The lowest BCUT2D eigenvalue weighted by Gasteiger charge is -2.20. The Morgan fingerprint density at radius 1 is 1.09 bits per heavy atom. The first-order chi connectivity index (χ1) is 15.3. The van der Waals surface area contributed by atoms with Crippen LogP contribution >= 0.6 is 0 Å². The van der Waals surface area contributed by atoms with Gasteiger partial charge in [-0.05, 0) is 66.8 Å². The Labute approximate surface area is 189 Å². The van der Waals surface area contributed by atoms with E-state index in [0.717, 1.165) is 17.7 Å². The van der Waals surface area contributed by atoms with E-state index in [-0.39, 0.29) is 22.6 Å². The highest BCUT2D eigenvalue weighted by Gasteiger charge is 2.39. The molecule has 32 heavy (non-hydrogen) atoms. The maximum atomic E-state index is 13.1. The van der Waals surface area contributed by atoms with Crippen LogP contribution in [-0.2, 0) is 21.2 Å². The van der Waals surface area contributed by atoms with Gasteiger partial charge in [-0.25, -0.2) is 8.42 Å². The van der Waals surface area contributed by atoms with Crippen LogP contribution < -0.4 is 10.2 Å². The van der Waals surface area contributed by atoms with E-state index in [1.54, 1.807) is 47.4 Å². The fraction of sp³-hybridized carbons (Fsp3) is 0.417. The van der Waals surface area contributed by atoms with Gasteiger partial charge in [0, 0.05) is 42.5 Å². The van der Waals surface area contributed by atoms with Crippen LogP contribution in [0.4, 0.5) is 11.4 Å². The van der Waals surface area contributed by atoms with E-state index in [9.17, 15) is 18.0 Å². The smallest absolute Gasteiger partial charge is 0.258 e. The lowest BCUT2D eigenvalue weighted by Crippen LogP contribution is -2.30. The molecule has 0 spiro atoms. The molecule has 0 saturated heterocycles. The van der Waals surface area contributed by atoms with Crippen molar-refractivity contribution in [3.8, 4) is 0 Å². The van der Waals surface area contributed by atoms with E-state index < -0.39 is 10.0 Å². The molecule has 2 atom stereocenters. The third-order valence-electron chi connectivity index (χ3n) is 6.38. The largest absolute Gasteiger partial charge is 0.326 e. The van der Waals surface area contributed by atoms with Crippen LogP contribution in [0.2, 0.25) is 0 Å². The van der Waals surface area contributed by atoms with E-state index in [0.29, 0.717) is 43.2 Å². The summed E-state index contributed by atoms with van der Waals surface area (Å²) in [6.45, 7) is 7.02. The van der Waals surface area contributed by atoms with Crippen LogP contribution in [0.25, 0.3) is 0 Å². The summed E-state index contributed by atoms with van der Waals surface area (Å²) in [5.74, 6) is 0.416. The number of sulfonamides is 1. The molecule has 0 bridgehead atoms. The Hall–Kier alpha value is -2.71. The summed E-state index contributed by atoms with van der Waals surface area (Å²) in [6, 6.07) is 11.9. The van der Waals surface area contributed by atoms with Gasteiger partial charge in [0.1, 0.15) is 0 Å². The van der Waals surface area contributed by atoms with Gasteiger partial charge in [-0.15, -0.1) is 0 Å². The maximum absolute atomic E-state index is 13.1. The monoisotopic (exact) mass is 455 g/mol. The second kappa shape index (κ2) is 8.67. The van der Waals surface area contributed by atoms with Crippen molar-refractivity contribution in [2.75, 3.05) is 29.9 Å². The Balaban J connectivity index is 1.49. The predicted molar refractivity (Wildman–Crippen MR) is 124 cm³/mol. The van der Waals surface area contributed by atoms with Crippen LogP contribution in [0, 0.1) is 11.8 Å². The summed E-state index contributed by atoms with van der Waals surface area (Å²) >= 11 is 0. The summed E-state index contributed by atoms with van der Waals surface area (Å²) in [7, 11) is -3.54. The van der Waals surface area contributed by atoms with Crippen molar-refractivity contribution >= 4 is 33.2 Å². The molecule has 2 aromatic rings. The van der Waals surface area contributed by atoms with Gasteiger partial charge < -0.3 is 10.2 Å². The summed E-state index contributed by atoms with van der Waals surface area (Å²) in [5, 5.41) is 2.90. The number of carbonyl (C=O) groups excluding carboxylic acids is 2. The van der Waals surface area contributed by atoms with Gasteiger partial charge in [0.05, 0.1) is 4.90 Å². The quantitative estimate of drug-likeness (QED) is 0.692. The van der Waals surface area contributed by atoms with Crippen molar-refractivity contribution in [2.45, 2.75) is 38.5 Å². The molecule has 1 fully saturated rings. The molecule has 2 unspecified atom stereocenters. The van der Waals surface area contributed by atoms with Gasteiger partial charge in [-0.2, -0.15) is 4.31 Å².